The first-order chi connectivity index (χ1) is 11.1. The van der Waals surface area contributed by atoms with E-state index < -0.39 is 0 Å². The van der Waals surface area contributed by atoms with Crippen LogP contribution in [0.5, 0.6) is 0 Å². The summed E-state index contributed by atoms with van der Waals surface area (Å²) in [5.74, 6) is 0. The molecule has 0 aromatic carbocycles. The second kappa shape index (κ2) is 9.17. The zero-order valence-electron chi connectivity index (χ0n) is 13.7. The van der Waals surface area contributed by atoms with Gasteiger partial charge in [-0.1, -0.05) is 0 Å². The molecule has 0 unspecified atom stereocenters. The van der Waals surface area contributed by atoms with Gasteiger partial charge in [-0.3, -0.25) is 0 Å². The molecule has 0 bridgehead atoms. The highest BCUT2D eigenvalue weighted by atomic mass is 32.1. The van der Waals surface area contributed by atoms with E-state index in [-0.39, 0.29) is 24.8 Å². The van der Waals surface area contributed by atoms with E-state index in [1.54, 1.807) is 28.9 Å². The van der Waals surface area contributed by atoms with Crippen LogP contribution in [-0.4, -0.2) is 66.6 Å². The first-order valence-corrected chi connectivity index (χ1v) is 8.69. The number of nitrogens with zero attached hydrogens (tertiary/aromatic N) is 2. The van der Waals surface area contributed by atoms with E-state index >= 15 is 0 Å². The van der Waals surface area contributed by atoms with Gasteiger partial charge in [0.15, 0.2) is 0 Å². The number of thiazole rings is 1. The molecule has 2 heterocycles. The minimum Gasteiger partial charge on any atom is -0.394 e. The standard InChI is InChI=1S/C15H25N3O4S/c1-11-14(23-10-17-11)8-18(5-6-21-2)15(20)16-7-12-3-4-13(9-19)22-12/h10,12-13,19H,3-9H2,1-2H3,(H,16,20)/t12-,13+/m1/s1. The summed E-state index contributed by atoms with van der Waals surface area (Å²) < 4.78 is 10.7. The Bertz CT molecular complexity index is 497. The lowest BCUT2D eigenvalue weighted by atomic mass is 10.2. The monoisotopic (exact) mass is 343 g/mol. The Morgan fingerprint density at radius 2 is 2.35 bits per heavy atom. The normalized spacial score (nSPS) is 20.7. The fourth-order valence-electron chi connectivity index (χ4n) is 2.48. The Balaban J connectivity index is 1.85. The van der Waals surface area contributed by atoms with Crippen molar-refractivity contribution in [2.24, 2.45) is 0 Å². The molecule has 2 atom stereocenters. The summed E-state index contributed by atoms with van der Waals surface area (Å²) in [6.07, 6.45) is 1.58. The van der Waals surface area contributed by atoms with Gasteiger partial charge in [-0.15, -0.1) is 11.3 Å². The zero-order valence-corrected chi connectivity index (χ0v) is 14.5. The van der Waals surface area contributed by atoms with Crippen molar-refractivity contribution in [3.63, 3.8) is 0 Å². The molecular formula is C15H25N3O4S. The third-order valence-corrected chi connectivity index (χ3v) is 4.83. The molecule has 8 heteroatoms. The molecule has 2 amide bonds. The van der Waals surface area contributed by atoms with Crippen LogP contribution in [0.15, 0.2) is 5.51 Å². The maximum atomic E-state index is 12.4. The molecule has 1 saturated heterocycles. The molecule has 0 aliphatic carbocycles. The summed E-state index contributed by atoms with van der Waals surface area (Å²) in [4.78, 5) is 19.5. The number of rotatable bonds is 8. The molecule has 0 saturated carbocycles. The fraction of sp³-hybridized carbons (Fsp3) is 0.733. The first-order valence-electron chi connectivity index (χ1n) is 7.81. The van der Waals surface area contributed by atoms with Crippen LogP contribution in [-0.2, 0) is 16.0 Å². The third-order valence-electron chi connectivity index (χ3n) is 3.91. The largest absolute Gasteiger partial charge is 0.394 e. The lowest BCUT2D eigenvalue weighted by Crippen LogP contribution is -2.43. The summed E-state index contributed by atoms with van der Waals surface area (Å²) >= 11 is 1.55. The summed E-state index contributed by atoms with van der Waals surface area (Å²) in [5.41, 5.74) is 2.74. The summed E-state index contributed by atoms with van der Waals surface area (Å²) in [6.45, 7) is 3.97. The van der Waals surface area contributed by atoms with Gasteiger partial charge in [0.25, 0.3) is 0 Å². The smallest absolute Gasteiger partial charge is 0.317 e. The molecule has 1 aliphatic rings. The third kappa shape index (κ3) is 5.42. The molecule has 23 heavy (non-hydrogen) atoms. The van der Waals surface area contributed by atoms with E-state index in [9.17, 15) is 4.79 Å². The van der Waals surface area contributed by atoms with E-state index in [1.807, 2.05) is 6.92 Å². The Morgan fingerprint density at radius 3 is 2.96 bits per heavy atom. The average Bonchev–Trinajstić information content (AvgIpc) is 3.18. The molecular weight excluding hydrogens is 318 g/mol. The minimum atomic E-state index is -0.133. The average molecular weight is 343 g/mol. The Morgan fingerprint density at radius 1 is 1.57 bits per heavy atom. The molecule has 0 spiro atoms. The molecule has 1 aliphatic heterocycles. The number of carbonyl (C=O) groups is 1. The first kappa shape index (κ1) is 18.1. The SMILES string of the molecule is COCCN(Cc1scnc1C)C(=O)NC[C@H]1CC[C@@H](CO)O1. The van der Waals surface area contributed by atoms with E-state index in [0.717, 1.165) is 23.4 Å². The molecule has 1 aromatic rings. The van der Waals surface area contributed by atoms with Crippen molar-refractivity contribution in [2.75, 3.05) is 33.4 Å². The van der Waals surface area contributed by atoms with Crippen LogP contribution in [0.2, 0.25) is 0 Å². The fourth-order valence-corrected chi connectivity index (χ4v) is 3.27. The number of nitrogens with one attached hydrogen (secondary N) is 1. The molecule has 7 nitrogen and oxygen atoms in total. The summed E-state index contributed by atoms with van der Waals surface area (Å²) in [5, 5.41) is 12.0. The van der Waals surface area contributed by atoms with Gasteiger partial charge in [-0.2, -0.15) is 0 Å². The number of aromatic nitrogens is 1. The Hall–Kier alpha value is -1.22. The van der Waals surface area contributed by atoms with Crippen LogP contribution >= 0.6 is 11.3 Å². The van der Waals surface area contributed by atoms with E-state index in [4.69, 9.17) is 14.6 Å². The Kier molecular flexibility index (Phi) is 7.22. The lowest BCUT2D eigenvalue weighted by molar-refractivity contribution is 0.0128. The Labute approximate surface area is 140 Å². The summed E-state index contributed by atoms with van der Waals surface area (Å²) in [7, 11) is 1.62. The lowest BCUT2D eigenvalue weighted by Gasteiger charge is -2.23. The maximum absolute atomic E-state index is 12.4. The van der Waals surface area contributed by atoms with Crippen LogP contribution in [0.25, 0.3) is 0 Å². The van der Waals surface area contributed by atoms with Crippen LogP contribution in [0, 0.1) is 6.92 Å². The predicted octanol–water partition coefficient (Wildman–Crippen LogP) is 1.15. The number of aryl methyl sites for hydroxylation is 1. The van der Waals surface area contributed by atoms with Gasteiger partial charge in [0.1, 0.15) is 0 Å². The van der Waals surface area contributed by atoms with E-state index in [2.05, 4.69) is 10.3 Å². The topological polar surface area (TPSA) is 83.9 Å². The van der Waals surface area contributed by atoms with E-state index in [1.165, 1.54) is 0 Å². The molecule has 1 fully saturated rings. The molecule has 2 N–H and O–H groups in total. The molecule has 2 rings (SSSR count). The molecule has 130 valence electrons. The van der Waals surface area contributed by atoms with Crippen LogP contribution in [0.1, 0.15) is 23.4 Å². The van der Waals surface area contributed by atoms with Crippen molar-refractivity contribution in [2.45, 2.75) is 38.5 Å². The number of amides is 2. The molecule has 1 aromatic heterocycles. The maximum Gasteiger partial charge on any atom is 0.317 e. The number of hydrogen-bond acceptors (Lipinski definition) is 6. The summed E-state index contributed by atoms with van der Waals surface area (Å²) in [6, 6.07) is -0.133. The molecule has 0 radical (unpaired) electrons. The zero-order chi connectivity index (χ0) is 16.7. The second-order valence-corrected chi connectivity index (χ2v) is 6.54. The minimum absolute atomic E-state index is 0.0227. The number of aliphatic hydroxyl groups is 1. The predicted molar refractivity (Wildman–Crippen MR) is 87.5 cm³/mol. The number of methoxy groups -OCH3 is 1. The number of urea groups is 1. The van der Waals surface area contributed by atoms with Gasteiger partial charge in [0.2, 0.25) is 0 Å². The van der Waals surface area contributed by atoms with Gasteiger partial charge in [-0.25, -0.2) is 9.78 Å². The van der Waals surface area contributed by atoms with Crippen LogP contribution in [0.3, 0.4) is 0 Å². The second-order valence-electron chi connectivity index (χ2n) is 5.60. The number of carbonyl (C=O) groups excluding carboxylic acids is 1. The van der Waals surface area contributed by atoms with Crippen LogP contribution in [0.4, 0.5) is 4.79 Å². The number of hydrogen-bond donors (Lipinski definition) is 2. The van der Waals surface area contributed by atoms with Gasteiger partial charge in [0, 0.05) is 25.1 Å². The van der Waals surface area contributed by atoms with Crippen molar-refractivity contribution >= 4 is 17.4 Å². The van der Waals surface area contributed by atoms with Crippen molar-refractivity contribution in [3.8, 4) is 0 Å². The quantitative estimate of drug-likeness (QED) is 0.740. The van der Waals surface area contributed by atoms with Gasteiger partial charge in [0.05, 0.1) is 43.2 Å². The highest BCUT2D eigenvalue weighted by molar-refractivity contribution is 7.09. The van der Waals surface area contributed by atoms with Gasteiger partial charge >= 0.3 is 6.03 Å². The van der Waals surface area contributed by atoms with Crippen molar-refractivity contribution in [3.05, 3.63) is 16.1 Å². The highest BCUT2D eigenvalue weighted by Gasteiger charge is 2.25. The van der Waals surface area contributed by atoms with Crippen molar-refractivity contribution in [1.82, 2.24) is 15.2 Å². The number of aliphatic hydroxyl groups excluding tert-OH is 1. The van der Waals surface area contributed by atoms with Gasteiger partial charge in [-0.05, 0) is 19.8 Å². The van der Waals surface area contributed by atoms with Crippen molar-refractivity contribution < 1.29 is 19.4 Å². The number of ether oxygens (including phenoxy) is 2. The van der Waals surface area contributed by atoms with E-state index in [0.29, 0.717) is 26.2 Å². The van der Waals surface area contributed by atoms with Crippen molar-refractivity contribution in [1.29, 1.82) is 0 Å². The highest BCUT2D eigenvalue weighted by Crippen LogP contribution is 2.19. The van der Waals surface area contributed by atoms with Gasteiger partial charge < -0.3 is 24.8 Å². The van der Waals surface area contributed by atoms with Crippen LogP contribution < -0.4 is 5.32 Å².